The number of nitrogens with zero attached hydrogens (tertiary/aromatic N) is 1. The Morgan fingerprint density at radius 1 is 1.41 bits per heavy atom. The molecule has 0 radical (unpaired) electrons. The first-order valence-corrected chi connectivity index (χ1v) is 6.37. The maximum Gasteiger partial charge on any atom is 0.433 e. The molecule has 0 unspecified atom stereocenters. The van der Waals surface area contributed by atoms with Gasteiger partial charge in [0.05, 0.1) is 11.1 Å². The minimum absolute atomic E-state index is 0.0690. The van der Waals surface area contributed by atoms with Gasteiger partial charge < -0.3 is 9.15 Å². The van der Waals surface area contributed by atoms with Gasteiger partial charge >= 0.3 is 11.9 Å². The van der Waals surface area contributed by atoms with E-state index in [0.717, 1.165) is 12.1 Å². The van der Waals surface area contributed by atoms with Gasteiger partial charge in [-0.05, 0) is 24.3 Å². The van der Waals surface area contributed by atoms with E-state index in [1.807, 2.05) is 0 Å². The van der Waals surface area contributed by atoms with Crippen molar-refractivity contribution in [1.29, 1.82) is 0 Å². The molecule has 8 heteroatoms. The highest BCUT2D eigenvalue weighted by Gasteiger charge is 2.11. The summed E-state index contributed by atoms with van der Waals surface area (Å²) in [7, 11) is 0. The highest BCUT2D eigenvalue weighted by molar-refractivity contribution is 6.31. The molecule has 0 bridgehead atoms. The van der Waals surface area contributed by atoms with Crippen molar-refractivity contribution in [3.63, 3.8) is 0 Å². The summed E-state index contributed by atoms with van der Waals surface area (Å²) in [5, 5.41) is 10.6. The first kappa shape index (κ1) is 15.7. The Morgan fingerprint density at radius 3 is 2.82 bits per heavy atom. The fourth-order valence-electron chi connectivity index (χ4n) is 1.54. The lowest BCUT2D eigenvalue weighted by Gasteiger charge is -2.05. The number of furan rings is 1. The molecule has 0 amide bonds. The first-order chi connectivity index (χ1) is 10.5. The fraction of sp³-hybridized carbons (Fsp3) is 0.0714. The maximum absolute atomic E-state index is 13.5. The van der Waals surface area contributed by atoms with Gasteiger partial charge in [-0.3, -0.25) is 10.1 Å². The van der Waals surface area contributed by atoms with E-state index in [-0.39, 0.29) is 23.0 Å². The van der Waals surface area contributed by atoms with Gasteiger partial charge in [0.1, 0.15) is 23.1 Å². The van der Waals surface area contributed by atoms with E-state index in [1.54, 1.807) is 0 Å². The van der Waals surface area contributed by atoms with Crippen molar-refractivity contribution >= 4 is 29.5 Å². The second-order valence-electron chi connectivity index (χ2n) is 4.07. The Bertz CT molecular complexity index is 720. The molecule has 1 aromatic heterocycles. The molecule has 0 spiro atoms. The minimum Gasteiger partial charge on any atom is -0.457 e. The van der Waals surface area contributed by atoms with Crippen LogP contribution in [-0.2, 0) is 16.1 Å². The predicted molar refractivity (Wildman–Crippen MR) is 75.6 cm³/mol. The summed E-state index contributed by atoms with van der Waals surface area (Å²) >= 11 is 5.79. The average Bonchev–Trinajstić information content (AvgIpc) is 2.93. The van der Waals surface area contributed by atoms with Gasteiger partial charge in [-0.25, -0.2) is 9.18 Å². The largest absolute Gasteiger partial charge is 0.457 e. The number of hydrogen-bond donors (Lipinski definition) is 0. The highest BCUT2D eigenvalue weighted by Crippen LogP contribution is 2.20. The quantitative estimate of drug-likeness (QED) is 0.362. The van der Waals surface area contributed by atoms with Crippen molar-refractivity contribution in [3.05, 3.63) is 68.7 Å². The summed E-state index contributed by atoms with van der Waals surface area (Å²) in [4.78, 5) is 21.2. The molecule has 6 nitrogen and oxygen atoms in total. The zero-order valence-electron chi connectivity index (χ0n) is 11.0. The molecule has 0 aliphatic rings. The fourth-order valence-corrected chi connectivity index (χ4v) is 1.76. The van der Waals surface area contributed by atoms with Crippen LogP contribution < -0.4 is 0 Å². The standard InChI is InChI=1S/C14H9ClFNO5/c15-11-2-1-3-12(16)10(11)8-21-14(18)7-5-9-4-6-13(22-9)17(19)20/h1-7H,8H2/b7-5+. The van der Waals surface area contributed by atoms with Crippen LogP contribution in [0.1, 0.15) is 11.3 Å². The average molecular weight is 326 g/mol. The molecular weight excluding hydrogens is 317 g/mol. The lowest BCUT2D eigenvalue weighted by atomic mass is 10.2. The van der Waals surface area contributed by atoms with Crippen molar-refractivity contribution < 1.29 is 23.3 Å². The smallest absolute Gasteiger partial charge is 0.433 e. The molecule has 0 aliphatic carbocycles. The summed E-state index contributed by atoms with van der Waals surface area (Å²) in [6, 6.07) is 6.60. The minimum atomic E-state index is -0.765. The lowest BCUT2D eigenvalue weighted by Crippen LogP contribution is -2.03. The van der Waals surface area contributed by atoms with Crippen molar-refractivity contribution in [3.8, 4) is 0 Å². The van der Waals surface area contributed by atoms with Crippen LogP contribution >= 0.6 is 11.6 Å². The maximum atomic E-state index is 13.5. The van der Waals surface area contributed by atoms with Crippen molar-refractivity contribution in [2.45, 2.75) is 6.61 Å². The molecule has 2 aromatic rings. The van der Waals surface area contributed by atoms with E-state index < -0.39 is 22.6 Å². The number of esters is 1. The summed E-state index contributed by atoms with van der Waals surface area (Å²) in [5.41, 5.74) is 0.0690. The number of nitro groups is 1. The molecule has 0 saturated heterocycles. The molecule has 114 valence electrons. The Hall–Kier alpha value is -2.67. The monoisotopic (exact) mass is 325 g/mol. The van der Waals surface area contributed by atoms with Gasteiger partial charge in [0.2, 0.25) is 0 Å². The number of ether oxygens (including phenoxy) is 1. The number of hydrogen-bond acceptors (Lipinski definition) is 5. The van der Waals surface area contributed by atoms with Gasteiger partial charge in [-0.2, -0.15) is 0 Å². The number of benzene rings is 1. The van der Waals surface area contributed by atoms with Crippen LogP contribution in [0.2, 0.25) is 5.02 Å². The van der Waals surface area contributed by atoms with E-state index >= 15 is 0 Å². The summed E-state index contributed by atoms with van der Waals surface area (Å²) in [6.45, 7) is -0.326. The Kier molecular flexibility index (Phi) is 4.90. The van der Waals surface area contributed by atoms with Crippen LogP contribution in [-0.4, -0.2) is 10.9 Å². The molecule has 0 aliphatic heterocycles. The Labute approximate surface area is 128 Å². The molecule has 1 aromatic carbocycles. The van der Waals surface area contributed by atoms with Crippen molar-refractivity contribution in [2.75, 3.05) is 0 Å². The van der Waals surface area contributed by atoms with Crippen LogP contribution in [0.15, 0.2) is 40.8 Å². The second-order valence-corrected chi connectivity index (χ2v) is 4.48. The SMILES string of the molecule is O=C(/C=C/c1ccc([N+](=O)[O-])o1)OCc1c(F)cccc1Cl. The first-order valence-electron chi connectivity index (χ1n) is 5.99. The van der Waals surface area contributed by atoms with Gasteiger partial charge in [0, 0.05) is 11.6 Å². The molecule has 2 rings (SSSR count). The molecule has 0 atom stereocenters. The summed E-state index contributed by atoms with van der Waals surface area (Å²) in [6.07, 6.45) is 2.22. The van der Waals surface area contributed by atoms with Crippen LogP contribution in [0.4, 0.5) is 10.3 Å². The van der Waals surface area contributed by atoms with E-state index in [4.69, 9.17) is 20.8 Å². The van der Waals surface area contributed by atoms with Crippen LogP contribution in [0.5, 0.6) is 0 Å². The zero-order chi connectivity index (χ0) is 16.1. The van der Waals surface area contributed by atoms with Crippen LogP contribution in [0.25, 0.3) is 6.08 Å². The van der Waals surface area contributed by atoms with E-state index in [0.29, 0.717) is 0 Å². The molecule has 1 heterocycles. The number of carbonyl (C=O) groups excluding carboxylic acids is 1. The number of carbonyl (C=O) groups is 1. The predicted octanol–water partition coefficient (Wildman–Crippen LogP) is 3.74. The third kappa shape index (κ3) is 3.92. The van der Waals surface area contributed by atoms with Gasteiger partial charge in [-0.1, -0.05) is 17.7 Å². The van der Waals surface area contributed by atoms with Crippen molar-refractivity contribution in [2.24, 2.45) is 0 Å². The third-order valence-electron chi connectivity index (χ3n) is 2.60. The van der Waals surface area contributed by atoms with Gasteiger partial charge in [0.15, 0.2) is 0 Å². The number of halogens is 2. The summed E-state index contributed by atoms with van der Waals surface area (Å²) in [5.74, 6) is -1.66. The molecule has 0 N–H and O–H groups in total. The lowest BCUT2D eigenvalue weighted by molar-refractivity contribution is -0.402. The normalized spacial score (nSPS) is 10.8. The molecular formula is C14H9ClFNO5. The molecule has 22 heavy (non-hydrogen) atoms. The second kappa shape index (κ2) is 6.86. The zero-order valence-corrected chi connectivity index (χ0v) is 11.7. The topological polar surface area (TPSA) is 82.6 Å². The highest BCUT2D eigenvalue weighted by atomic mass is 35.5. The van der Waals surface area contributed by atoms with E-state index in [1.165, 1.54) is 30.3 Å². The number of rotatable bonds is 5. The van der Waals surface area contributed by atoms with Crippen molar-refractivity contribution in [1.82, 2.24) is 0 Å². The van der Waals surface area contributed by atoms with E-state index in [9.17, 15) is 19.3 Å². The van der Waals surface area contributed by atoms with E-state index in [2.05, 4.69) is 0 Å². The summed E-state index contributed by atoms with van der Waals surface area (Å²) < 4.78 is 23.1. The van der Waals surface area contributed by atoms with Gasteiger partial charge in [-0.15, -0.1) is 0 Å². The molecule has 0 saturated carbocycles. The third-order valence-corrected chi connectivity index (χ3v) is 2.95. The molecule has 0 fully saturated rings. The van der Waals surface area contributed by atoms with Crippen LogP contribution in [0, 0.1) is 15.9 Å². The Morgan fingerprint density at radius 2 is 2.18 bits per heavy atom. The van der Waals surface area contributed by atoms with Gasteiger partial charge in [0.25, 0.3) is 0 Å². The van der Waals surface area contributed by atoms with Crippen LogP contribution in [0.3, 0.4) is 0 Å². The Balaban J connectivity index is 1.95.